The predicted octanol–water partition coefficient (Wildman–Crippen LogP) is 6.40. The molecule has 3 heteroatoms. The molecule has 1 aromatic carbocycles. The van der Waals surface area contributed by atoms with Gasteiger partial charge in [-0.3, -0.25) is 4.79 Å². The van der Waals surface area contributed by atoms with Crippen molar-refractivity contribution in [1.82, 2.24) is 0 Å². The van der Waals surface area contributed by atoms with Crippen molar-refractivity contribution >= 4 is 17.3 Å². The predicted molar refractivity (Wildman–Crippen MR) is 118 cm³/mol. The number of hydrogen-bond acceptors (Lipinski definition) is 2. The van der Waals surface area contributed by atoms with Gasteiger partial charge in [0.25, 0.3) is 0 Å². The van der Waals surface area contributed by atoms with Crippen LogP contribution in [0.4, 0.5) is 11.4 Å². The number of nitrogens with one attached hydrogen (secondary N) is 1. The summed E-state index contributed by atoms with van der Waals surface area (Å²) in [6, 6.07) is 2.24. The van der Waals surface area contributed by atoms with E-state index in [1.54, 1.807) is 0 Å². The van der Waals surface area contributed by atoms with Gasteiger partial charge in [-0.25, -0.2) is 0 Å². The zero-order valence-electron chi connectivity index (χ0n) is 18.5. The number of aryl methyl sites for hydroxylation is 2. The maximum absolute atomic E-state index is 13.1. The number of unbranched alkanes of at least 4 members (excludes halogenated alkanes) is 4. The fourth-order valence-corrected chi connectivity index (χ4v) is 4.15. The zero-order chi connectivity index (χ0) is 20.0. The van der Waals surface area contributed by atoms with Gasteiger partial charge in [-0.05, 0) is 49.8 Å². The van der Waals surface area contributed by atoms with Crippen LogP contribution in [-0.4, -0.2) is 19.0 Å². The number of carbonyl (C=O) groups is 1. The molecule has 0 aromatic heterocycles. The van der Waals surface area contributed by atoms with Crippen LogP contribution in [0.15, 0.2) is 6.07 Å². The van der Waals surface area contributed by atoms with Crippen molar-refractivity contribution in [2.24, 2.45) is 5.41 Å². The first-order valence-electron chi connectivity index (χ1n) is 11.0. The van der Waals surface area contributed by atoms with Crippen molar-refractivity contribution in [3.63, 3.8) is 0 Å². The highest BCUT2D eigenvalue weighted by Crippen LogP contribution is 2.41. The maximum Gasteiger partial charge on any atom is 0.230 e. The number of amides is 1. The molecule has 1 aliphatic rings. The summed E-state index contributed by atoms with van der Waals surface area (Å²) >= 11 is 0. The second-order valence-electron chi connectivity index (χ2n) is 8.95. The molecule has 0 saturated carbocycles. The number of benzene rings is 1. The molecule has 0 radical (unpaired) electrons. The molecule has 2 rings (SSSR count). The molecule has 0 atom stereocenters. The van der Waals surface area contributed by atoms with Crippen LogP contribution in [-0.2, 0) is 11.2 Å². The van der Waals surface area contributed by atoms with Gasteiger partial charge in [0.15, 0.2) is 0 Å². The van der Waals surface area contributed by atoms with Crippen molar-refractivity contribution in [3.8, 4) is 0 Å². The van der Waals surface area contributed by atoms with E-state index in [0.29, 0.717) is 0 Å². The summed E-state index contributed by atoms with van der Waals surface area (Å²) in [5, 5.41) is 3.34. The van der Waals surface area contributed by atoms with E-state index in [9.17, 15) is 4.79 Å². The first-order chi connectivity index (χ1) is 12.8. The lowest BCUT2D eigenvalue weighted by atomic mass is 9.85. The molecular weight excluding hydrogens is 332 g/mol. The third-order valence-corrected chi connectivity index (χ3v) is 6.06. The van der Waals surface area contributed by atoms with E-state index < -0.39 is 0 Å². The number of fused-ring (bicyclic) bond motifs is 1. The summed E-state index contributed by atoms with van der Waals surface area (Å²) in [7, 11) is 0. The van der Waals surface area contributed by atoms with E-state index in [4.69, 9.17) is 0 Å². The number of nitrogens with zero attached hydrogens (tertiary/aromatic N) is 1. The van der Waals surface area contributed by atoms with Crippen LogP contribution in [0.2, 0.25) is 0 Å². The van der Waals surface area contributed by atoms with Crippen LogP contribution < -0.4 is 10.2 Å². The van der Waals surface area contributed by atoms with Gasteiger partial charge in [-0.2, -0.15) is 0 Å². The lowest BCUT2D eigenvalue weighted by Crippen LogP contribution is -2.32. The van der Waals surface area contributed by atoms with Gasteiger partial charge >= 0.3 is 0 Å². The highest BCUT2D eigenvalue weighted by molar-refractivity contribution is 5.99. The van der Waals surface area contributed by atoms with Crippen LogP contribution in [0.25, 0.3) is 0 Å². The average molecular weight is 373 g/mol. The Hall–Kier alpha value is -1.51. The van der Waals surface area contributed by atoms with Crippen molar-refractivity contribution in [1.29, 1.82) is 0 Å². The second kappa shape index (κ2) is 9.61. The molecule has 27 heavy (non-hydrogen) atoms. The van der Waals surface area contributed by atoms with Crippen LogP contribution in [0.5, 0.6) is 0 Å². The van der Waals surface area contributed by atoms with Crippen molar-refractivity contribution < 1.29 is 4.79 Å². The van der Waals surface area contributed by atoms with Gasteiger partial charge in [0.05, 0.1) is 11.4 Å². The monoisotopic (exact) mass is 372 g/mol. The first kappa shape index (κ1) is 21.8. The van der Waals surface area contributed by atoms with E-state index in [-0.39, 0.29) is 11.3 Å². The number of anilines is 2. The minimum atomic E-state index is -0.329. The molecule has 1 aliphatic heterocycles. The summed E-state index contributed by atoms with van der Waals surface area (Å²) in [5.74, 6) is 0.162. The standard InChI is InChI=1S/C24H40N2O/c1-7-9-11-12-14-24(5,6)23(27)25-21-19(4)17-18(3)20-13-16-26(22(20)21)15-10-8-2/h17H,7-16H2,1-6H3,(H,25,27). The molecule has 0 spiro atoms. The molecule has 0 fully saturated rings. The van der Waals surface area contributed by atoms with Crippen molar-refractivity contribution in [3.05, 3.63) is 22.8 Å². The molecule has 0 unspecified atom stereocenters. The van der Waals surface area contributed by atoms with E-state index in [1.165, 1.54) is 54.5 Å². The lowest BCUT2D eigenvalue weighted by Gasteiger charge is -2.28. The summed E-state index contributed by atoms with van der Waals surface area (Å²) in [6.45, 7) is 15.1. The minimum Gasteiger partial charge on any atom is -0.369 e. The number of hydrogen-bond donors (Lipinski definition) is 1. The maximum atomic E-state index is 13.1. The van der Waals surface area contributed by atoms with E-state index in [2.05, 4.69) is 57.8 Å². The number of carbonyl (C=O) groups excluding carboxylic acids is 1. The molecule has 0 aliphatic carbocycles. The second-order valence-corrected chi connectivity index (χ2v) is 8.95. The average Bonchev–Trinajstić information content (AvgIpc) is 3.04. The van der Waals surface area contributed by atoms with Crippen LogP contribution in [0.1, 0.15) is 89.3 Å². The van der Waals surface area contributed by atoms with E-state index >= 15 is 0 Å². The highest BCUT2D eigenvalue weighted by atomic mass is 16.2. The van der Waals surface area contributed by atoms with Gasteiger partial charge in [-0.15, -0.1) is 0 Å². The van der Waals surface area contributed by atoms with Crippen LogP contribution >= 0.6 is 0 Å². The molecule has 0 bridgehead atoms. The molecule has 1 aromatic rings. The molecule has 152 valence electrons. The van der Waals surface area contributed by atoms with Crippen LogP contribution in [0, 0.1) is 19.3 Å². The summed E-state index contributed by atoms with van der Waals surface area (Å²) in [4.78, 5) is 15.6. The molecule has 0 saturated heterocycles. The smallest absolute Gasteiger partial charge is 0.230 e. The minimum absolute atomic E-state index is 0.162. The van der Waals surface area contributed by atoms with Crippen LogP contribution in [0.3, 0.4) is 0 Å². The third kappa shape index (κ3) is 5.27. The number of rotatable bonds is 10. The summed E-state index contributed by atoms with van der Waals surface area (Å²) < 4.78 is 0. The lowest BCUT2D eigenvalue weighted by molar-refractivity contribution is -0.124. The Kier molecular flexibility index (Phi) is 7.76. The Balaban J connectivity index is 2.20. The van der Waals surface area contributed by atoms with Gasteiger partial charge in [-0.1, -0.05) is 65.9 Å². The Bertz CT molecular complexity index is 648. The Morgan fingerprint density at radius 3 is 2.44 bits per heavy atom. The van der Waals surface area contributed by atoms with Crippen molar-refractivity contribution in [2.75, 3.05) is 23.3 Å². The van der Waals surface area contributed by atoms with Gasteiger partial charge in [0.2, 0.25) is 5.91 Å². The highest BCUT2D eigenvalue weighted by Gasteiger charge is 2.31. The largest absolute Gasteiger partial charge is 0.369 e. The van der Waals surface area contributed by atoms with Gasteiger partial charge in [0.1, 0.15) is 0 Å². The zero-order valence-corrected chi connectivity index (χ0v) is 18.5. The topological polar surface area (TPSA) is 32.3 Å². The summed E-state index contributed by atoms with van der Waals surface area (Å²) in [5.41, 5.74) is 5.98. The van der Waals surface area contributed by atoms with Gasteiger partial charge < -0.3 is 10.2 Å². The molecule has 1 N–H and O–H groups in total. The quantitative estimate of drug-likeness (QED) is 0.482. The Morgan fingerprint density at radius 1 is 1.07 bits per heavy atom. The molecule has 1 heterocycles. The molecule has 1 amide bonds. The normalized spacial score (nSPS) is 13.8. The Morgan fingerprint density at radius 2 is 1.78 bits per heavy atom. The first-order valence-corrected chi connectivity index (χ1v) is 11.0. The van der Waals surface area contributed by atoms with E-state index in [1.807, 2.05) is 0 Å². The third-order valence-electron chi connectivity index (χ3n) is 6.06. The van der Waals surface area contributed by atoms with E-state index in [0.717, 1.165) is 38.0 Å². The molecule has 3 nitrogen and oxygen atoms in total. The fourth-order valence-electron chi connectivity index (χ4n) is 4.15. The molecular formula is C24H40N2O. The SMILES string of the molecule is CCCCCCC(C)(C)C(=O)Nc1c(C)cc(C)c2c1N(CCCC)CC2. The Labute approximate surface area is 166 Å². The summed E-state index contributed by atoms with van der Waals surface area (Å²) in [6.07, 6.45) is 9.27. The fraction of sp³-hybridized carbons (Fsp3) is 0.708. The van der Waals surface area contributed by atoms with Gasteiger partial charge in [0, 0.05) is 18.5 Å². The van der Waals surface area contributed by atoms with Crippen molar-refractivity contribution in [2.45, 2.75) is 92.9 Å².